The molecule has 15 heavy (non-hydrogen) atoms. The molecular weight excluding hydrogens is 285 g/mol. The lowest BCUT2D eigenvalue weighted by molar-refractivity contribution is -0.117. The molecule has 1 aliphatic heterocycles. The molecule has 1 saturated heterocycles. The minimum atomic E-state index is -0.927. The Bertz CT molecular complexity index is 373. The number of anilines is 1. The number of thiazole rings is 1. The van der Waals surface area contributed by atoms with Crippen LogP contribution in [0.15, 0.2) is 9.98 Å². The molecule has 0 bridgehead atoms. The monoisotopic (exact) mass is 293 g/mol. The zero-order chi connectivity index (χ0) is 10.8. The van der Waals surface area contributed by atoms with E-state index < -0.39 is 12.2 Å². The van der Waals surface area contributed by atoms with E-state index >= 15 is 0 Å². The summed E-state index contributed by atoms with van der Waals surface area (Å²) in [4.78, 5) is 15.6. The highest BCUT2D eigenvalue weighted by Crippen LogP contribution is 2.20. The minimum absolute atomic E-state index is 0.225. The van der Waals surface area contributed by atoms with Crippen molar-refractivity contribution in [3.63, 3.8) is 0 Å². The van der Waals surface area contributed by atoms with Gasteiger partial charge >= 0.3 is 0 Å². The van der Waals surface area contributed by atoms with E-state index in [1.807, 2.05) is 0 Å². The molecule has 1 aromatic rings. The van der Waals surface area contributed by atoms with Gasteiger partial charge in [0.15, 0.2) is 5.13 Å². The molecule has 2 heterocycles. The second-order valence-electron chi connectivity index (χ2n) is 3.26. The summed E-state index contributed by atoms with van der Waals surface area (Å²) in [5.41, 5.74) is 0. The number of aromatic nitrogens is 1. The first-order valence-electron chi connectivity index (χ1n) is 4.44. The van der Waals surface area contributed by atoms with Crippen LogP contribution in [0.5, 0.6) is 0 Å². The van der Waals surface area contributed by atoms with Crippen LogP contribution < -0.4 is 10.6 Å². The average Bonchev–Trinajstić information content (AvgIpc) is 2.75. The highest BCUT2D eigenvalue weighted by molar-refractivity contribution is 9.10. The molecule has 0 spiro atoms. The van der Waals surface area contributed by atoms with Gasteiger partial charge in [-0.3, -0.25) is 4.79 Å². The topological polar surface area (TPSA) is 54.0 Å². The molecule has 0 aliphatic carbocycles. The minimum Gasteiger partial charge on any atom is -0.303 e. The summed E-state index contributed by atoms with van der Waals surface area (Å²) in [5, 5.41) is 7.74. The summed E-state index contributed by atoms with van der Waals surface area (Å²) in [6, 6.07) is -0.442. The van der Waals surface area contributed by atoms with Crippen molar-refractivity contribution >= 4 is 38.3 Å². The molecule has 7 heteroatoms. The molecule has 1 aromatic heterocycles. The van der Waals surface area contributed by atoms with Crippen molar-refractivity contribution < 1.29 is 9.18 Å². The Balaban J connectivity index is 1.92. The third kappa shape index (κ3) is 2.73. The Hall–Kier alpha value is -0.530. The summed E-state index contributed by atoms with van der Waals surface area (Å²) in [6.07, 6.45) is -0.693. The van der Waals surface area contributed by atoms with E-state index in [-0.39, 0.29) is 18.9 Å². The van der Waals surface area contributed by atoms with E-state index in [0.29, 0.717) is 9.73 Å². The van der Waals surface area contributed by atoms with Gasteiger partial charge in [0.05, 0.1) is 6.04 Å². The van der Waals surface area contributed by atoms with Crippen LogP contribution in [-0.4, -0.2) is 29.6 Å². The number of carbonyl (C=O) groups is 1. The highest BCUT2D eigenvalue weighted by Gasteiger charge is 2.29. The van der Waals surface area contributed by atoms with Gasteiger partial charge in [0, 0.05) is 18.3 Å². The van der Waals surface area contributed by atoms with E-state index in [9.17, 15) is 9.18 Å². The Kier molecular flexibility index (Phi) is 3.32. The van der Waals surface area contributed by atoms with Gasteiger partial charge in [0.2, 0.25) is 5.91 Å². The third-order valence-electron chi connectivity index (χ3n) is 2.10. The molecule has 1 aliphatic rings. The van der Waals surface area contributed by atoms with Crippen LogP contribution in [0.1, 0.15) is 6.42 Å². The van der Waals surface area contributed by atoms with Gasteiger partial charge in [-0.1, -0.05) is 0 Å². The summed E-state index contributed by atoms with van der Waals surface area (Å²) in [7, 11) is 0. The number of alkyl halides is 1. The maximum atomic E-state index is 12.8. The van der Waals surface area contributed by atoms with Crippen molar-refractivity contribution in [1.29, 1.82) is 0 Å². The molecule has 82 valence electrons. The van der Waals surface area contributed by atoms with Crippen molar-refractivity contribution in [3.05, 3.63) is 9.98 Å². The fourth-order valence-corrected chi connectivity index (χ4v) is 2.54. The van der Waals surface area contributed by atoms with Gasteiger partial charge in [-0.05, 0) is 15.9 Å². The van der Waals surface area contributed by atoms with Gasteiger partial charge in [-0.25, -0.2) is 9.37 Å². The van der Waals surface area contributed by atoms with E-state index in [1.165, 1.54) is 11.3 Å². The lowest BCUT2D eigenvalue weighted by Crippen LogP contribution is -2.35. The summed E-state index contributed by atoms with van der Waals surface area (Å²) in [6.45, 7) is 0.250. The number of hydrogen-bond acceptors (Lipinski definition) is 4. The van der Waals surface area contributed by atoms with Crippen LogP contribution in [0.25, 0.3) is 0 Å². The molecular formula is C8H9BrFN3OS. The SMILES string of the molecule is O=C(Nc1nc(Br)cs1)C1CC(F)CN1. The van der Waals surface area contributed by atoms with Crippen molar-refractivity contribution in [2.24, 2.45) is 0 Å². The first-order valence-corrected chi connectivity index (χ1v) is 6.12. The average molecular weight is 294 g/mol. The number of rotatable bonds is 2. The Labute approximate surface area is 98.4 Å². The van der Waals surface area contributed by atoms with Crippen molar-refractivity contribution in [2.75, 3.05) is 11.9 Å². The normalized spacial score (nSPS) is 25.5. The molecule has 4 nitrogen and oxygen atoms in total. The molecule has 2 atom stereocenters. The summed E-state index contributed by atoms with van der Waals surface area (Å²) in [5.74, 6) is -0.225. The zero-order valence-electron chi connectivity index (χ0n) is 7.67. The van der Waals surface area contributed by atoms with E-state index in [0.717, 1.165) is 0 Å². The van der Waals surface area contributed by atoms with Crippen molar-refractivity contribution in [3.8, 4) is 0 Å². The lowest BCUT2D eigenvalue weighted by Gasteiger charge is -2.07. The summed E-state index contributed by atoms with van der Waals surface area (Å²) < 4.78 is 13.5. The Morgan fingerprint density at radius 3 is 3.13 bits per heavy atom. The number of halogens is 2. The first kappa shape index (κ1) is 11.0. The van der Waals surface area contributed by atoms with Crippen LogP contribution in [0.3, 0.4) is 0 Å². The Morgan fingerprint density at radius 2 is 2.60 bits per heavy atom. The molecule has 0 saturated carbocycles. The van der Waals surface area contributed by atoms with Crippen LogP contribution in [-0.2, 0) is 4.79 Å². The highest BCUT2D eigenvalue weighted by atomic mass is 79.9. The number of nitrogens with zero attached hydrogens (tertiary/aromatic N) is 1. The predicted molar refractivity (Wildman–Crippen MR) is 59.7 cm³/mol. The van der Waals surface area contributed by atoms with E-state index in [4.69, 9.17) is 0 Å². The fraction of sp³-hybridized carbons (Fsp3) is 0.500. The number of carbonyl (C=O) groups excluding carboxylic acids is 1. The maximum absolute atomic E-state index is 12.8. The van der Waals surface area contributed by atoms with Crippen molar-refractivity contribution in [2.45, 2.75) is 18.6 Å². The van der Waals surface area contributed by atoms with Gasteiger partial charge in [0.25, 0.3) is 0 Å². The second kappa shape index (κ2) is 4.54. The van der Waals surface area contributed by atoms with Crippen LogP contribution in [0, 0.1) is 0 Å². The second-order valence-corrected chi connectivity index (χ2v) is 4.93. The quantitative estimate of drug-likeness (QED) is 0.870. The van der Waals surface area contributed by atoms with Crippen LogP contribution in [0.4, 0.5) is 9.52 Å². The molecule has 2 unspecified atom stereocenters. The first-order chi connectivity index (χ1) is 7.15. The maximum Gasteiger partial charge on any atom is 0.243 e. The predicted octanol–water partition coefficient (Wildman–Crippen LogP) is 1.54. The van der Waals surface area contributed by atoms with Crippen LogP contribution >= 0.6 is 27.3 Å². The van der Waals surface area contributed by atoms with Gasteiger partial charge in [-0.15, -0.1) is 11.3 Å². The lowest BCUT2D eigenvalue weighted by atomic mass is 10.2. The molecule has 2 N–H and O–H groups in total. The smallest absolute Gasteiger partial charge is 0.243 e. The van der Waals surface area contributed by atoms with E-state index in [1.54, 1.807) is 5.38 Å². The number of nitrogens with one attached hydrogen (secondary N) is 2. The largest absolute Gasteiger partial charge is 0.303 e. The standard InChI is InChI=1S/C8H9BrFN3OS/c9-6-3-15-8(12-6)13-7(14)5-1-4(10)2-11-5/h3-5,11H,1-2H2,(H,12,13,14). The molecule has 0 radical (unpaired) electrons. The zero-order valence-corrected chi connectivity index (χ0v) is 10.1. The fourth-order valence-electron chi connectivity index (χ4n) is 1.40. The molecule has 2 rings (SSSR count). The molecule has 1 amide bonds. The molecule has 1 fully saturated rings. The van der Waals surface area contributed by atoms with Gasteiger partial charge < -0.3 is 10.6 Å². The Morgan fingerprint density at radius 1 is 1.80 bits per heavy atom. The third-order valence-corrected chi connectivity index (χ3v) is 3.57. The summed E-state index contributed by atoms with van der Waals surface area (Å²) >= 11 is 4.51. The van der Waals surface area contributed by atoms with Crippen molar-refractivity contribution in [1.82, 2.24) is 10.3 Å². The number of hydrogen-bond donors (Lipinski definition) is 2. The molecule has 0 aromatic carbocycles. The van der Waals surface area contributed by atoms with Gasteiger partial charge in [0.1, 0.15) is 10.8 Å². The van der Waals surface area contributed by atoms with Gasteiger partial charge in [-0.2, -0.15) is 0 Å². The number of amides is 1. The van der Waals surface area contributed by atoms with E-state index in [2.05, 4.69) is 31.5 Å². The van der Waals surface area contributed by atoms with Crippen LogP contribution in [0.2, 0.25) is 0 Å².